The molecular formula is C22H30Cl2N2O2. The first-order chi connectivity index (χ1) is 13.6. The number of rotatable bonds is 8. The van der Waals surface area contributed by atoms with Gasteiger partial charge in [-0.25, -0.2) is 0 Å². The third-order valence-corrected chi connectivity index (χ3v) is 7.31. The van der Waals surface area contributed by atoms with Crippen molar-refractivity contribution >= 4 is 29.1 Å². The molecule has 1 aromatic carbocycles. The third kappa shape index (κ3) is 4.77. The number of carbonyl (C=O) groups is 1. The topological polar surface area (TPSA) is 41.6 Å². The largest absolute Gasteiger partial charge is 0.489 e. The summed E-state index contributed by atoms with van der Waals surface area (Å²) in [5.41, 5.74) is 0.984. The van der Waals surface area contributed by atoms with Crippen LogP contribution in [0.1, 0.15) is 56.9 Å². The van der Waals surface area contributed by atoms with Crippen molar-refractivity contribution in [2.24, 2.45) is 11.8 Å². The van der Waals surface area contributed by atoms with Crippen LogP contribution in [0.5, 0.6) is 5.75 Å². The van der Waals surface area contributed by atoms with E-state index in [9.17, 15) is 4.79 Å². The van der Waals surface area contributed by atoms with Gasteiger partial charge in [0.2, 0.25) is 5.91 Å². The molecule has 1 heterocycles. The standard InChI is InChI=1S/C22H30Cl2N2O2/c23-19-6-7-20(21(24)18(19)14-26-10-1-2-11-26)28-17-12-15(13-17)8-9-25-22(27)16-4-3-5-16/h6-7,15-17H,1-5,8-14H2,(H,25,27). The van der Waals surface area contributed by atoms with E-state index >= 15 is 0 Å². The van der Waals surface area contributed by atoms with Crippen LogP contribution >= 0.6 is 23.2 Å². The summed E-state index contributed by atoms with van der Waals surface area (Å²) in [5, 5.41) is 4.47. The van der Waals surface area contributed by atoms with Crippen LogP contribution in [0.4, 0.5) is 0 Å². The predicted molar refractivity (Wildman–Crippen MR) is 113 cm³/mol. The molecule has 0 radical (unpaired) electrons. The molecule has 0 bridgehead atoms. The lowest BCUT2D eigenvalue weighted by molar-refractivity contribution is -0.127. The highest BCUT2D eigenvalue weighted by molar-refractivity contribution is 6.36. The van der Waals surface area contributed by atoms with Crippen LogP contribution in [0.3, 0.4) is 0 Å². The molecule has 0 atom stereocenters. The van der Waals surface area contributed by atoms with Crippen molar-refractivity contribution in [2.45, 2.75) is 64.0 Å². The maximum absolute atomic E-state index is 11.9. The zero-order valence-electron chi connectivity index (χ0n) is 16.4. The summed E-state index contributed by atoms with van der Waals surface area (Å²) in [6, 6.07) is 3.80. The van der Waals surface area contributed by atoms with E-state index < -0.39 is 0 Å². The van der Waals surface area contributed by atoms with Gasteiger partial charge in [-0.05, 0) is 76.1 Å². The molecule has 0 aromatic heterocycles. The van der Waals surface area contributed by atoms with Crippen molar-refractivity contribution in [3.63, 3.8) is 0 Å². The van der Waals surface area contributed by atoms with Crippen LogP contribution in [-0.4, -0.2) is 36.5 Å². The molecule has 1 aromatic rings. The Kier molecular flexibility index (Phi) is 6.70. The van der Waals surface area contributed by atoms with Gasteiger partial charge in [-0.1, -0.05) is 29.6 Å². The van der Waals surface area contributed by atoms with E-state index in [-0.39, 0.29) is 17.9 Å². The van der Waals surface area contributed by atoms with Crippen molar-refractivity contribution in [1.82, 2.24) is 10.2 Å². The summed E-state index contributed by atoms with van der Waals surface area (Å²) in [5.74, 6) is 1.90. The molecule has 1 aliphatic heterocycles. The van der Waals surface area contributed by atoms with Crippen LogP contribution in [0.2, 0.25) is 10.0 Å². The van der Waals surface area contributed by atoms with Gasteiger partial charge in [-0.15, -0.1) is 0 Å². The monoisotopic (exact) mass is 424 g/mol. The summed E-state index contributed by atoms with van der Waals surface area (Å²) >= 11 is 13.0. The number of nitrogens with one attached hydrogen (secondary N) is 1. The zero-order chi connectivity index (χ0) is 19.5. The molecule has 2 saturated carbocycles. The van der Waals surface area contributed by atoms with Crippen molar-refractivity contribution in [1.29, 1.82) is 0 Å². The Hall–Kier alpha value is -0.970. The Labute approximate surface area is 177 Å². The average molecular weight is 425 g/mol. The Morgan fingerprint density at radius 2 is 1.89 bits per heavy atom. The second-order valence-corrected chi connectivity index (χ2v) is 9.39. The summed E-state index contributed by atoms with van der Waals surface area (Å²) in [4.78, 5) is 14.3. The van der Waals surface area contributed by atoms with Crippen LogP contribution < -0.4 is 10.1 Å². The first-order valence-corrected chi connectivity index (χ1v) is 11.5. The fourth-order valence-electron chi connectivity index (χ4n) is 4.38. The molecule has 1 saturated heterocycles. The van der Waals surface area contributed by atoms with Gasteiger partial charge in [0.05, 0.1) is 11.1 Å². The van der Waals surface area contributed by atoms with E-state index in [1.807, 2.05) is 12.1 Å². The zero-order valence-corrected chi connectivity index (χ0v) is 17.9. The molecule has 0 unspecified atom stereocenters. The van der Waals surface area contributed by atoms with Crippen LogP contribution in [0.15, 0.2) is 12.1 Å². The van der Waals surface area contributed by atoms with Gasteiger partial charge in [0, 0.05) is 29.6 Å². The maximum atomic E-state index is 11.9. The number of likely N-dealkylation sites (tertiary alicyclic amines) is 1. The normalized spacial score (nSPS) is 25.2. The molecule has 28 heavy (non-hydrogen) atoms. The minimum Gasteiger partial charge on any atom is -0.489 e. The fourth-order valence-corrected chi connectivity index (χ4v) is 4.91. The van der Waals surface area contributed by atoms with Crippen molar-refractivity contribution in [3.05, 3.63) is 27.7 Å². The SMILES string of the molecule is O=C(NCCC1CC(Oc2ccc(Cl)c(CN3CCCC3)c2Cl)C1)C1CCC1. The molecule has 4 nitrogen and oxygen atoms in total. The summed E-state index contributed by atoms with van der Waals surface area (Å²) in [6.07, 6.45) is 9.12. The number of hydrogen-bond donors (Lipinski definition) is 1. The lowest BCUT2D eigenvalue weighted by Crippen LogP contribution is -2.38. The molecule has 0 spiro atoms. The minimum atomic E-state index is 0.214. The van der Waals surface area contributed by atoms with E-state index in [2.05, 4.69) is 10.2 Å². The second-order valence-electron chi connectivity index (χ2n) is 8.61. The molecule has 1 N–H and O–H groups in total. The van der Waals surface area contributed by atoms with E-state index in [0.29, 0.717) is 10.9 Å². The maximum Gasteiger partial charge on any atom is 0.223 e. The van der Waals surface area contributed by atoms with Gasteiger partial charge in [0.1, 0.15) is 5.75 Å². The van der Waals surface area contributed by atoms with Gasteiger partial charge < -0.3 is 10.1 Å². The molecule has 6 heteroatoms. The highest BCUT2D eigenvalue weighted by Gasteiger charge is 2.32. The minimum absolute atomic E-state index is 0.214. The number of carbonyl (C=O) groups excluding carboxylic acids is 1. The molecule has 4 rings (SSSR count). The van der Waals surface area contributed by atoms with Crippen LogP contribution in [0.25, 0.3) is 0 Å². The summed E-state index contributed by atoms with van der Waals surface area (Å²) in [7, 11) is 0. The van der Waals surface area contributed by atoms with Crippen molar-refractivity contribution in [2.75, 3.05) is 19.6 Å². The number of amides is 1. The first-order valence-electron chi connectivity index (χ1n) is 10.7. The van der Waals surface area contributed by atoms with Gasteiger partial charge in [-0.3, -0.25) is 9.69 Å². The van der Waals surface area contributed by atoms with Gasteiger partial charge in [-0.2, -0.15) is 0 Å². The Balaban J connectivity index is 1.22. The number of nitrogens with zero attached hydrogens (tertiary/aromatic N) is 1. The fraction of sp³-hybridized carbons (Fsp3) is 0.682. The van der Waals surface area contributed by atoms with Gasteiger partial charge >= 0.3 is 0 Å². The van der Waals surface area contributed by atoms with Gasteiger partial charge in [0.15, 0.2) is 0 Å². The van der Waals surface area contributed by atoms with Crippen LogP contribution in [-0.2, 0) is 11.3 Å². The Morgan fingerprint density at radius 1 is 1.14 bits per heavy atom. The smallest absolute Gasteiger partial charge is 0.223 e. The number of ether oxygens (including phenoxy) is 1. The molecule has 3 fully saturated rings. The average Bonchev–Trinajstić information content (AvgIpc) is 3.09. The highest BCUT2D eigenvalue weighted by Crippen LogP contribution is 2.39. The molecular weight excluding hydrogens is 395 g/mol. The Morgan fingerprint density at radius 3 is 2.57 bits per heavy atom. The number of halogens is 2. The molecule has 3 aliphatic rings. The molecule has 2 aliphatic carbocycles. The number of hydrogen-bond acceptors (Lipinski definition) is 3. The lowest BCUT2D eigenvalue weighted by Gasteiger charge is -2.36. The first kappa shape index (κ1) is 20.3. The quantitative estimate of drug-likeness (QED) is 0.634. The van der Waals surface area contributed by atoms with Crippen molar-refractivity contribution < 1.29 is 9.53 Å². The van der Waals surface area contributed by atoms with Gasteiger partial charge in [0.25, 0.3) is 0 Å². The summed E-state index contributed by atoms with van der Waals surface area (Å²) < 4.78 is 6.17. The molecule has 1 amide bonds. The van der Waals surface area contributed by atoms with E-state index in [1.54, 1.807) is 0 Å². The highest BCUT2D eigenvalue weighted by atomic mass is 35.5. The molecule has 154 valence electrons. The summed E-state index contributed by atoms with van der Waals surface area (Å²) in [6.45, 7) is 3.80. The second kappa shape index (κ2) is 9.23. The van der Waals surface area contributed by atoms with E-state index in [4.69, 9.17) is 27.9 Å². The lowest BCUT2D eigenvalue weighted by atomic mass is 9.80. The third-order valence-electron chi connectivity index (χ3n) is 6.54. The predicted octanol–water partition coefficient (Wildman–Crippen LogP) is 5.05. The van der Waals surface area contributed by atoms with E-state index in [1.165, 1.54) is 19.3 Å². The van der Waals surface area contributed by atoms with Crippen molar-refractivity contribution in [3.8, 4) is 5.75 Å². The number of benzene rings is 1. The van der Waals surface area contributed by atoms with Crippen LogP contribution in [0, 0.1) is 11.8 Å². The van der Waals surface area contributed by atoms with E-state index in [0.717, 1.165) is 74.6 Å². The Bertz CT molecular complexity index is 696.